The molecule has 2 heterocycles. The third kappa shape index (κ3) is 3.07. The maximum atomic E-state index is 10.3. The highest BCUT2D eigenvalue weighted by Crippen LogP contribution is 2.39. The van der Waals surface area contributed by atoms with Crippen molar-refractivity contribution < 1.29 is 10.2 Å². The lowest BCUT2D eigenvalue weighted by molar-refractivity contribution is 0.446. The predicted molar refractivity (Wildman–Crippen MR) is 91.8 cm³/mol. The lowest BCUT2D eigenvalue weighted by Crippen LogP contribution is -1.90. The summed E-state index contributed by atoms with van der Waals surface area (Å²) < 4.78 is 0. The fourth-order valence-corrected chi connectivity index (χ4v) is 3.18. The topological polar surface area (TPSA) is 82.0 Å². The maximum Gasteiger partial charge on any atom is 0.128 e. The Balaban J connectivity index is 2.07. The van der Waals surface area contributed by atoms with Crippen LogP contribution in [0.15, 0.2) is 23.7 Å². The fraction of sp³-hybridized carbons (Fsp3) is 0.294. The van der Waals surface area contributed by atoms with Crippen LogP contribution in [0.4, 0.5) is 0 Å². The van der Waals surface area contributed by atoms with E-state index in [1.165, 1.54) is 6.07 Å². The first-order valence-electron chi connectivity index (χ1n) is 7.61. The number of phenolic OH excluding ortho intramolecular Hbond substituents is 2. The first-order chi connectivity index (χ1) is 11.1. The Bertz CT molecular complexity index is 823. The van der Waals surface area contributed by atoms with Crippen LogP contribution in [-0.2, 0) is 6.42 Å². The number of thiazole rings is 1. The lowest BCUT2D eigenvalue weighted by atomic mass is 9.99. The summed E-state index contributed by atoms with van der Waals surface area (Å²) in [6.07, 6.45) is 4.51. The highest BCUT2D eigenvalue weighted by molar-refractivity contribution is 7.09. The summed E-state index contributed by atoms with van der Waals surface area (Å²) in [4.78, 5) is 4.49. The van der Waals surface area contributed by atoms with E-state index < -0.39 is 0 Å². The normalized spacial score (nSPS) is 11.0. The van der Waals surface area contributed by atoms with Crippen LogP contribution in [0.2, 0.25) is 0 Å². The molecule has 0 saturated heterocycles. The van der Waals surface area contributed by atoms with Gasteiger partial charge in [0.05, 0.1) is 22.6 Å². The van der Waals surface area contributed by atoms with Crippen LogP contribution >= 0.6 is 11.3 Å². The molecule has 5 nitrogen and oxygen atoms in total. The van der Waals surface area contributed by atoms with Gasteiger partial charge in [0.25, 0.3) is 0 Å². The average molecular weight is 329 g/mol. The Morgan fingerprint density at radius 3 is 2.70 bits per heavy atom. The molecule has 23 heavy (non-hydrogen) atoms. The van der Waals surface area contributed by atoms with E-state index in [2.05, 4.69) is 22.1 Å². The standard InChI is InChI=1S/C17H19N3O2S/c1-3-4-5-11-6-12(16(22)7-15(11)21)17-13(8-18-20-17)14-9-23-10(2)19-14/h6-9,21-22H,3-5H2,1-2H3,(H,18,20). The second-order valence-electron chi connectivity index (χ2n) is 5.51. The number of aromatic amines is 1. The van der Waals surface area contributed by atoms with Gasteiger partial charge in [-0.05, 0) is 31.4 Å². The smallest absolute Gasteiger partial charge is 0.128 e. The Morgan fingerprint density at radius 1 is 1.17 bits per heavy atom. The summed E-state index contributed by atoms with van der Waals surface area (Å²) in [6.45, 7) is 4.06. The van der Waals surface area contributed by atoms with Gasteiger partial charge in [-0.2, -0.15) is 5.10 Å². The van der Waals surface area contributed by atoms with Gasteiger partial charge in [0.2, 0.25) is 0 Å². The minimum atomic E-state index is 0.0280. The highest BCUT2D eigenvalue weighted by Gasteiger charge is 2.17. The van der Waals surface area contributed by atoms with Crippen molar-refractivity contribution in [3.63, 3.8) is 0 Å². The summed E-state index contributed by atoms with van der Waals surface area (Å²) in [7, 11) is 0. The zero-order valence-corrected chi connectivity index (χ0v) is 13.9. The highest BCUT2D eigenvalue weighted by atomic mass is 32.1. The van der Waals surface area contributed by atoms with Crippen LogP contribution in [0.3, 0.4) is 0 Å². The molecule has 0 aliphatic rings. The molecular formula is C17H19N3O2S. The number of H-pyrrole nitrogens is 1. The number of unbranched alkanes of at least 4 members (excludes halogenated alkanes) is 1. The Labute approximate surface area is 138 Å². The zero-order valence-electron chi connectivity index (χ0n) is 13.1. The van der Waals surface area contributed by atoms with E-state index in [0.29, 0.717) is 11.3 Å². The predicted octanol–water partition coefficient (Wildman–Crippen LogP) is 4.26. The molecule has 0 aliphatic carbocycles. The van der Waals surface area contributed by atoms with Gasteiger partial charge >= 0.3 is 0 Å². The summed E-state index contributed by atoms with van der Waals surface area (Å²) in [5.74, 6) is 0.158. The SMILES string of the molecule is CCCCc1cc(-c2[nH]ncc2-c2csc(C)n2)c(O)cc1O. The summed E-state index contributed by atoms with van der Waals surface area (Å²) in [5, 5.41) is 30.3. The molecule has 0 saturated carbocycles. The number of hydrogen-bond acceptors (Lipinski definition) is 5. The van der Waals surface area contributed by atoms with Gasteiger partial charge < -0.3 is 10.2 Å². The van der Waals surface area contributed by atoms with E-state index in [4.69, 9.17) is 0 Å². The minimum Gasteiger partial charge on any atom is -0.508 e. The fourth-order valence-electron chi connectivity index (χ4n) is 2.56. The molecule has 2 aromatic heterocycles. The monoisotopic (exact) mass is 329 g/mol. The molecule has 0 unspecified atom stereocenters. The van der Waals surface area contributed by atoms with Crippen molar-refractivity contribution in [2.45, 2.75) is 33.1 Å². The van der Waals surface area contributed by atoms with E-state index >= 15 is 0 Å². The van der Waals surface area contributed by atoms with E-state index in [0.717, 1.165) is 41.1 Å². The summed E-state index contributed by atoms with van der Waals surface area (Å²) in [6, 6.07) is 3.23. The van der Waals surface area contributed by atoms with Crippen molar-refractivity contribution in [3.05, 3.63) is 34.3 Å². The van der Waals surface area contributed by atoms with Crippen LogP contribution in [0.1, 0.15) is 30.3 Å². The maximum absolute atomic E-state index is 10.3. The molecular weight excluding hydrogens is 310 g/mol. The second kappa shape index (κ2) is 6.42. The van der Waals surface area contributed by atoms with Gasteiger partial charge in [-0.25, -0.2) is 4.98 Å². The summed E-state index contributed by atoms with van der Waals surface area (Å²) >= 11 is 1.57. The average Bonchev–Trinajstić information content (AvgIpc) is 3.15. The quantitative estimate of drug-likeness (QED) is 0.653. The van der Waals surface area contributed by atoms with E-state index in [-0.39, 0.29) is 11.5 Å². The molecule has 0 fully saturated rings. The molecule has 0 spiro atoms. The Morgan fingerprint density at radius 2 is 2.00 bits per heavy atom. The summed E-state index contributed by atoms with van der Waals surface area (Å²) in [5.41, 5.74) is 3.85. The second-order valence-corrected chi connectivity index (χ2v) is 6.57. The van der Waals surface area contributed by atoms with Crippen LogP contribution < -0.4 is 0 Å². The van der Waals surface area contributed by atoms with Crippen molar-refractivity contribution in [2.24, 2.45) is 0 Å². The van der Waals surface area contributed by atoms with E-state index in [1.54, 1.807) is 17.5 Å². The largest absolute Gasteiger partial charge is 0.508 e. The molecule has 0 amide bonds. The number of nitrogens with one attached hydrogen (secondary N) is 1. The van der Waals surface area contributed by atoms with Crippen LogP contribution in [-0.4, -0.2) is 25.4 Å². The first kappa shape index (κ1) is 15.6. The molecule has 1 aromatic carbocycles. The molecule has 0 radical (unpaired) electrons. The van der Waals surface area contributed by atoms with E-state index in [9.17, 15) is 10.2 Å². The Kier molecular flexibility index (Phi) is 4.34. The number of hydrogen-bond donors (Lipinski definition) is 3. The van der Waals surface area contributed by atoms with Crippen molar-refractivity contribution in [2.75, 3.05) is 0 Å². The minimum absolute atomic E-state index is 0.0280. The van der Waals surface area contributed by atoms with Gasteiger partial charge in [0.15, 0.2) is 0 Å². The first-order valence-corrected chi connectivity index (χ1v) is 8.49. The lowest BCUT2D eigenvalue weighted by Gasteiger charge is -2.10. The number of nitrogens with zero attached hydrogens (tertiary/aromatic N) is 2. The number of rotatable bonds is 5. The third-order valence-electron chi connectivity index (χ3n) is 3.80. The van der Waals surface area contributed by atoms with E-state index in [1.807, 2.05) is 18.4 Å². The molecule has 6 heteroatoms. The van der Waals surface area contributed by atoms with Crippen molar-refractivity contribution in [1.82, 2.24) is 15.2 Å². The molecule has 3 rings (SSSR count). The van der Waals surface area contributed by atoms with Crippen LogP contribution in [0.25, 0.3) is 22.5 Å². The van der Waals surface area contributed by atoms with Gasteiger partial charge in [0, 0.05) is 22.6 Å². The van der Waals surface area contributed by atoms with Crippen molar-refractivity contribution >= 4 is 11.3 Å². The molecule has 0 atom stereocenters. The number of benzene rings is 1. The molecule has 0 aliphatic heterocycles. The van der Waals surface area contributed by atoms with Crippen molar-refractivity contribution in [1.29, 1.82) is 0 Å². The molecule has 3 aromatic rings. The van der Waals surface area contributed by atoms with Crippen LogP contribution in [0, 0.1) is 6.92 Å². The van der Waals surface area contributed by atoms with Gasteiger partial charge in [-0.3, -0.25) is 5.10 Å². The molecule has 0 bridgehead atoms. The number of aryl methyl sites for hydroxylation is 2. The van der Waals surface area contributed by atoms with Gasteiger partial charge in [-0.1, -0.05) is 13.3 Å². The van der Waals surface area contributed by atoms with Crippen molar-refractivity contribution in [3.8, 4) is 34.0 Å². The Hall–Kier alpha value is -2.34. The third-order valence-corrected chi connectivity index (χ3v) is 4.57. The zero-order chi connectivity index (χ0) is 16.4. The van der Waals surface area contributed by atoms with Gasteiger partial charge in [0.1, 0.15) is 11.5 Å². The van der Waals surface area contributed by atoms with Gasteiger partial charge in [-0.15, -0.1) is 11.3 Å². The molecule has 3 N–H and O–H groups in total. The number of aromatic nitrogens is 3. The molecule has 120 valence electrons. The number of aromatic hydroxyl groups is 2. The van der Waals surface area contributed by atoms with Crippen LogP contribution in [0.5, 0.6) is 11.5 Å². The number of phenols is 2.